The van der Waals surface area contributed by atoms with E-state index in [1.54, 1.807) is 25.3 Å². The predicted octanol–water partition coefficient (Wildman–Crippen LogP) is 4.77. The van der Waals surface area contributed by atoms with E-state index in [1.807, 2.05) is 24.3 Å². The summed E-state index contributed by atoms with van der Waals surface area (Å²) in [6.45, 7) is 0. The van der Waals surface area contributed by atoms with Gasteiger partial charge in [0, 0.05) is 29.4 Å². The molecule has 0 fully saturated rings. The number of nitrogens with zero attached hydrogens (tertiary/aromatic N) is 1. The lowest BCUT2D eigenvalue weighted by molar-refractivity contribution is -0.116. The predicted molar refractivity (Wildman–Crippen MR) is 125 cm³/mol. The number of carbonyl (C=O) groups is 1. The number of ketones is 1. The number of benzene rings is 2. The van der Waals surface area contributed by atoms with Gasteiger partial charge in [0.25, 0.3) is 5.56 Å². The second-order valence-electron chi connectivity index (χ2n) is 8.01. The first kappa shape index (κ1) is 21.5. The molecule has 33 heavy (non-hydrogen) atoms. The normalized spacial score (nSPS) is 17.3. The molecule has 1 atom stereocenters. The standard InChI is InChI=1S/C25H22FN3O3S/c1-32-16-11-9-14(10-12-16)20-21-18(7-4-8-19(21)30)27-23-22(20)24(31)29-25(28-23)33-13-15-5-2-3-6-17(15)26/h2-3,5-6,9-12,20H,4,7-8,13H2,1H3,(H2,27,28,29,31)/t20-/m1/s1. The number of hydrogen-bond acceptors (Lipinski definition) is 6. The summed E-state index contributed by atoms with van der Waals surface area (Å²) in [5.74, 6) is 0.735. The Morgan fingerprint density at radius 2 is 1.91 bits per heavy atom. The molecule has 6 nitrogen and oxygen atoms in total. The molecule has 2 aromatic carbocycles. The summed E-state index contributed by atoms with van der Waals surface area (Å²) in [5.41, 5.74) is 2.94. The van der Waals surface area contributed by atoms with Crippen LogP contribution in [0.3, 0.4) is 0 Å². The molecule has 5 rings (SSSR count). The second kappa shape index (κ2) is 8.86. The summed E-state index contributed by atoms with van der Waals surface area (Å²) >= 11 is 1.26. The van der Waals surface area contributed by atoms with Crippen molar-refractivity contribution in [3.63, 3.8) is 0 Å². The zero-order chi connectivity index (χ0) is 22.9. The highest BCUT2D eigenvalue weighted by molar-refractivity contribution is 7.98. The monoisotopic (exact) mass is 463 g/mol. The van der Waals surface area contributed by atoms with Gasteiger partial charge in [0.1, 0.15) is 17.4 Å². The number of halogens is 1. The van der Waals surface area contributed by atoms with Crippen LogP contribution in [-0.4, -0.2) is 22.9 Å². The lowest BCUT2D eigenvalue weighted by Gasteiger charge is -2.32. The van der Waals surface area contributed by atoms with E-state index < -0.39 is 5.92 Å². The van der Waals surface area contributed by atoms with Crippen molar-refractivity contribution in [1.82, 2.24) is 9.97 Å². The van der Waals surface area contributed by atoms with Crippen molar-refractivity contribution >= 4 is 23.4 Å². The molecule has 2 aliphatic rings. The molecule has 1 aliphatic heterocycles. The van der Waals surface area contributed by atoms with Gasteiger partial charge in [0.2, 0.25) is 0 Å². The third kappa shape index (κ3) is 4.06. The maximum atomic E-state index is 14.0. The highest BCUT2D eigenvalue weighted by Crippen LogP contribution is 2.43. The SMILES string of the molecule is COc1ccc([C@@H]2C3=C(CCCC3=O)Nc3nc(SCc4ccccc4F)[nH]c(=O)c32)cc1. The van der Waals surface area contributed by atoms with Crippen LogP contribution in [0, 0.1) is 5.82 Å². The van der Waals surface area contributed by atoms with E-state index >= 15 is 0 Å². The maximum Gasteiger partial charge on any atom is 0.257 e. The van der Waals surface area contributed by atoms with Gasteiger partial charge < -0.3 is 15.0 Å². The highest BCUT2D eigenvalue weighted by atomic mass is 32.2. The average molecular weight is 464 g/mol. The molecule has 3 aromatic rings. The summed E-state index contributed by atoms with van der Waals surface area (Å²) in [4.78, 5) is 33.7. The van der Waals surface area contributed by atoms with Crippen LogP contribution in [0.4, 0.5) is 10.2 Å². The maximum absolute atomic E-state index is 14.0. The lowest BCUT2D eigenvalue weighted by Crippen LogP contribution is -2.32. The molecule has 1 aliphatic carbocycles. The van der Waals surface area contributed by atoms with Gasteiger partial charge in [-0.25, -0.2) is 9.37 Å². The van der Waals surface area contributed by atoms with Crippen molar-refractivity contribution in [2.75, 3.05) is 12.4 Å². The smallest absolute Gasteiger partial charge is 0.257 e. The van der Waals surface area contributed by atoms with Gasteiger partial charge >= 0.3 is 0 Å². The number of methoxy groups -OCH3 is 1. The zero-order valence-electron chi connectivity index (χ0n) is 18.0. The van der Waals surface area contributed by atoms with Gasteiger partial charge in [-0.2, -0.15) is 0 Å². The van der Waals surface area contributed by atoms with Crippen molar-refractivity contribution in [3.8, 4) is 5.75 Å². The number of Topliss-reactive ketones (excluding diaryl/α,β-unsaturated/α-hetero) is 1. The topological polar surface area (TPSA) is 84.1 Å². The first-order chi connectivity index (χ1) is 16.0. The van der Waals surface area contributed by atoms with Crippen LogP contribution < -0.4 is 15.6 Å². The van der Waals surface area contributed by atoms with E-state index in [0.717, 1.165) is 24.1 Å². The summed E-state index contributed by atoms with van der Waals surface area (Å²) in [6, 6.07) is 13.9. The number of carbonyl (C=O) groups excluding carboxylic acids is 1. The van der Waals surface area contributed by atoms with E-state index in [4.69, 9.17) is 4.74 Å². The number of allylic oxidation sites excluding steroid dienone is 2. The average Bonchev–Trinajstić information content (AvgIpc) is 2.82. The van der Waals surface area contributed by atoms with Gasteiger partial charge in [-0.05, 0) is 42.2 Å². The number of nitrogens with one attached hydrogen (secondary N) is 2. The summed E-state index contributed by atoms with van der Waals surface area (Å²) in [5, 5.41) is 3.66. The Bertz CT molecular complexity index is 1320. The van der Waals surface area contributed by atoms with Crippen molar-refractivity contribution in [3.05, 3.63) is 92.7 Å². The molecule has 0 bridgehead atoms. The molecule has 0 radical (unpaired) electrons. The third-order valence-electron chi connectivity index (χ3n) is 6.01. The largest absolute Gasteiger partial charge is 0.497 e. The van der Waals surface area contributed by atoms with Crippen LogP contribution in [0.1, 0.15) is 41.9 Å². The zero-order valence-corrected chi connectivity index (χ0v) is 18.8. The van der Waals surface area contributed by atoms with Gasteiger partial charge in [0.05, 0.1) is 12.7 Å². The molecule has 0 spiro atoms. The number of thioether (sulfide) groups is 1. The van der Waals surface area contributed by atoms with Crippen LogP contribution in [0.25, 0.3) is 0 Å². The third-order valence-corrected chi connectivity index (χ3v) is 6.93. The number of rotatable bonds is 5. The minimum absolute atomic E-state index is 0.0487. The lowest BCUT2D eigenvalue weighted by atomic mass is 9.76. The van der Waals surface area contributed by atoms with Crippen LogP contribution in [0.15, 0.2) is 69.8 Å². The quantitative estimate of drug-likeness (QED) is 0.419. The Morgan fingerprint density at radius 1 is 1.12 bits per heavy atom. The van der Waals surface area contributed by atoms with E-state index in [2.05, 4.69) is 15.3 Å². The molecule has 2 N–H and O–H groups in total. The molecular formula is C25H22FN3O3S. The number of aromatic amines is 1. The highest BCUT2D eigenvalue weighted by Gasteiger charge is 2.37. The van der Waals surface area contributed by atoms with Gasteiger partial charge in [-0.3, -0.25) is 9.59 Å². The number of fused-ring (bicyclic) bond motifs is 1. The number of anilines is 1. The Balaban J connectivity index is 1.56. The number of H-pyrrole nitrogens is 1. The molecule has 2 heterocycles. The second-order valence-corrected chi connectivity index (χ2v) is 8.98. The Kier molecular flexibility index (Phi) is 5.76. The molecule has 0 saturated carbocycles. The van der Waals surface area contributed by atoms with Crippen LogP contribution >= 0.6 is 11.8 Å². The minimum Gasteiger partial charge on any atom is -0.497 e. The number of hydrogen-bond donors (Lipinski definition) is 2. The van der Waals surface area contributed by atoms with Crippen molar-refractivity contribution < 1.29 is 13.9 Å². The van der Waals surface area contributed by atoms with Crippen molar-refractivity contribution in [2.45, 2.75) is 36.1 Å². The Morgan fingerprint density at radius 3 is 2.67 bits per heavy atom. The van der Waals surface area contributed by atoms with Crippen LogP contribution in [-0.2, 0) is 10.5 Å². The Labute approximate surface area is 194 Å². The van der Waals surface area contributed by atoms with Crippen LogP contribution in [0.2, 0.25) is 0 Å². The number of aromatic nitrogens is 2. The molecule has 8 heteroatoms. The van der Waals surface area contributed by atoms with Crippen molar-refractivity contribution in [2.24, 2.45) is 0 Å². The van der Waals surface area contributed by atoms with Gasteiger partial charge in [-0.1, -0.05) is 42.1 Å². The fourth-order valence-corrected chi connectivity index (χ4v) is 5.25. The van der Waals surface area contributed by atoms with E-state index in [9.17, 15) is 14.0 Å². The first-order valence-corrected chi connectivity index (χ1v) is 11.7. The fourth-order valence-electron chi connectivity index (χ4n) is 4.40. The van der Waals surface area contributed by atoms with Gasteiger partial charge in [0.15, 0.2) is 10.9 Å². The molecule has 0 amide bonds. The Hall–Kier alpha value is -3.39. The molecular weight excluding hydrogens is 441 g/mol. The van der Waals surface area contributed by atoms with Crippen molar-refractivity contribution in [1.29, 1.82) is 0 Å². The van der Waals surface area contributed by atoms with Crippen LogP contribution in [0.5, 0.6) is 5.75 Å². The number of ether oxygens (including phenoxy) is 1. The summed E-state index contributed by atoms with van der Waals surface area (Å²) < 4.78 is 19.3. The first-order valence-electron chi connectivity index (χ1n) is 10.7. The van der Waals surface area contributed by atoms with E-state index in [-0.39, 0.29) is 17.2 Å². The van der Waals surface area contributed by atoms with Gasteiger partial charge in [-0.15, -0.1) is 0 Å². The fraction of sp³-hybridized carbons (Fsp3) is 0.240. The molecule has 0 unspecified atom stereocenters. The van der Waals surface area contributed by atoms with E-state index in [0.29, 0.717) is 45.6 Å². The van der Waals surface area contributed by atoms with E-state index in [1.165, 1.54) is 17.8 Å². The molecule has 0 saturated heterocycles. The molecule has 1 aromatic heterocycles. The summed E-state index contributed by atoms with van der Waals surface area (Å²) in [7, 11) is 1.59. The molecule has 168 valence electrons. The summed E-state index contributed by atoms with van der Waals surface area (Å²) in [6.07, 6.45) is 1.94. The minimum atomic E-state index is -0.503.